The Hall–Kier alpha value is -2.31. The maximum absolute atomic E-state index is 13.1. The molecule has 0 bridgehead atoms. The summed E-state index contributed by atoms with van der Waals surface area (Å²) in [5, 5.41) is 12.5. The molecule has 0 radical (unpaired) electrons. The zero-order valence-electron chi connectivity index (χ0n) is 15.9. The standard InChI is InChI=1S/C19H14F6N2O2S2.ClH/c20-18(21,22)12-6-11(7-13(8-12)19(23,24)25)15-10-31-17(26-15)27(4-3-16(28)29)9-14-2-1-5-30-14;/h1-2,5-8,10H,3-4,9H2,(H,28,29);1H. The number of rotatable bonds is 7. The zero-order valence-corrected chi connectivity index (χ0v) is 18.4. The molecule has 0 atom stereocenters. The highest BCUT2D eigenvalue weighted by molar-refractivity contribution is 7.14. The summed E-state index contributed by atoms with van der Waals surface area (Å²) in [6, 6.07) is 4.94. The number of aliphatic carboxylic acids is 1. The minimum Gasteiger partial charge on any atom is -0.481 e. The molecular weight excluding hydrogens is 502 g/mol. The van der Waals surface area contributed by atoms with Gasteiger partial charge in [-0.2, -0.15) is 26.3 Å². The number of hydrogen-bond acceptors (Lipinski definition) is 5. The van der Waals surface area contributed by atoms with Gasteiger partial charge < -0.3 is 10.0 Å². The van der Waals surface area contributed by atoms with E-state index in [2.05, 4.69) is 4.98 Å². The van der Waals surface area contributed by atoms with Gasteiger partial charge >= 0.3 is 18.3 Å². The fourth-order valence-corrected chi connectivity index (χ4v) is 4.29. The second kappa shape index (κ2) is 10.1. The predicted octanol–water partition coefficient (Wildman–Crippen LogP) is 6.81. The van der Waals surface area contributed by atoms with Crippen LogP contribution in [0.15, 0.2) is 41.1 Å². The molecular formula is C19H15ClF6N2O2S2. The van der Waals surface area contributed by atoms with Crippen molar-refractivity contribution in [3.05, 3.63) is 57.1 Å². The lowest BCUT2D eigenvalue weighted by Crippen LogP contribution is -2.25. The van der Waals surface area contributed by atoms with E-state index in [0.717, 1.165) is 16.2 Å². The van der Waals surface area contributed by atoms with Crippen LogP contribution in [0, 0.1) is 0 Å². The second-order valence-electron chi connectivity index (χ2n) is 6.45. The van der Waals surface area contributed by atoms with Gasteiger partial charge in [0.15, 0.2) is 5.13 Å². The van der Waals surface area contributed by atoms with Gasteiger partial charge in [-0.15, -0.1) is 35.1 Å². The van der Waals surface area contributed by atoms with E-state index in [1.54, 1.807) is 4.90 Å². The number of halogens is 7. The molecule has 0 unspecified atom stereocenters. The summed E-state index contributed by atoms with van der Waals surface area (Å²) in [7, 11) is 0. The van der Waals surface area contributed by atoms with E-state index >= 15 is 0 Å². The highest BCUT2D eigenvalue weighted by Gasteiger charge is 2.37. The summed E-state index contributed by atoms with van der Waals surface area (Å²) in [6.07, 6.45) is -10.1. The fraction of sp³-hybridized carbons (Fsp3) is 0.263. The predicted molar refractivity (Wildman–Crippen MR) is 112 cm³/mol. The lowest BCUT2D eigenvalue weighted by molar-refractivity contribution is -0.143. The summed E-state index contributed by atoms with van der Waals surface area (Å²) in [5.74, 6) is -1.04. The van der Waals surface area contributed by atoms with Gasteiger partial charge in [-0.25, -0.2) is 4.98 Å². The van der Waals surface area contributed by atoms with Gasteiger partial charge in [-0.05, 0) is 29.6 Å². The fourth-order valence-electron chi connectivity index (χ4n) is 2.71. The Morgan fingerprint density at radius 1 is 1.03 bits per heavy atom. The molecule has 2 heterocycles. The molecule has 0 spiro atoms. The van der Waals surface area contributed by atoms with E-state index < -0.39 is 29.4 Å². The lowest BCUT2D eigenvalue weighted by atomic mass is 10.0. The molecule has 2 aromatic heterocycles. The van der Waals surface area contributed by atoms with E-state index in [0.29, 0.717) is 23.8 Å². The van der Waals surface area contributed by atoms with Crippen LogP contribution in [0.1, 0.15) is 22.4 Å². The van der Waals surface area contributed by atoms with Crippen LogP contribution in [-0.2, 0) is 23.7 Å². The Balaban J connectivity index is 0.00000363. The van der Waals surface area contributed by atoms with Crippen molar-refractivity contribution in [2.75, 3.05) is 11.4 Å². The van der Waals surface area contributed by atoms with Crippen molar-refractivity contribution in [1.82, 2.24) is 4.98 Å². The monoisotopic (exact) mass is 516 g/mol. The Labute approximate surface area is 192 Å². The quantitative estimate of drug-likeness (QED) is 0.350. The van der Waals surface area contributed by atoms with Crippen LogP contribution < -0.4 is 4.90 Å². The molecule has 0 aliphatic rings. The van der Waals surface area contributed by atoms with Crippen LogP contribution in [0.4, 0.5) is 31.5 Å². The van der Waals surface area contributed by atoms with Gasteiger partial charge in [-0.3, -0.25) is 4.79 Å². The first-order valence-corrected chi connectivity index (χ1v) is 10.4. The normalized spacial score (nSPS) is 11.8. The van der Waals surface area contributed by atoms with Crippen LogP contribution in [0.3, 0.4) is 0 Å². The number of carboxylic acid groups (broad SMARTS) is 1. The van der Waals surface area contributed by atoms with Crippen molar-refractivity contribution in [3.63, 3.8) is 0 Å². The number of alkyl halides is 6. The van der Waals surface area contributed by atoms with E-state index in [1.165, 1.54) is 16.7 Å². The van der Waals surface area contributed by atoms with Crippen LogP contribution >= 0.6 is 35.1 Å². The maximum atomic E-state index is 13.1. The number of carbonyl (C=O) groups is 1. The molecule has 0 aliphatic heterocycles. The Bertz CT molecular complexity index is 1020. The number of nitrogens with zero attached hydrogens (tertiary/aromatic N) is 2. The Morgan fingerprint density at radius 2 is 1.66 bits per heavy atom. The minimum atomic E-state index is -4.96. The van der Waals surface area contributed by atoms with Gasteiger partial charge in [0.05, 0.1) is 29.8 Å². The number of carboxylic acids is 1. The van der Waals surface area contributed by atoms with Gasteiger partial charge in [-0.1, -0.05) is 6.07 Å². The highest BCUT2D eigenvalue weighted by atomic mass is 35.5. The first-order valence-electron chi connectivity index (χ1n) is 8.68. The maximum Gasteiger partial charge on any atom is 0.416 e. The molecule has 13 heteroatoms. The van der Waals surface area contributed by atoms with Crippen molar-refractivity contribution < 1.29 is 36.2 Å². The average Bonchev–Trinajstić information content (AvgIpc) is 3.35. The third-order valence-corrected chi connectivity index (χ3v) is 5.93. The molecule has 0 amide bonds. The summed E-state index contributed by atoms with van der Waals surface area (Å²) in [5.41, 5.74) is -3.22. The topological polar surface area (TPSA) is 53.4 Å². The molecule has 174 valence electrons. The number of anilines is 1. The van der Waals surface area contributed by atoms with E-state index in [4.69, 9.17) is 5.11 Å². The molecule has 0 saturated carbocycles. The Kier molecular flexibility index (Phi) is 8.18. The van der Waals surface area contributed by atoms with Gasteiger partial charge in [0.25, 0.3) is 0 Å². The summed E-state index contributed by atoms with van der Waals surface area (Å²) < 4.78 is 78.8. The third-order valence-electron chi connectivity index (χ3n) is 4.17. The van der Waals surface area contributed by atoms with Crippen molar-refractivity contribution in [2.24, 2.45) is 0 Å². The number of thiophene rings is 1. The van der Waals surface area contributed by atoms with Crippen LogP contribution in [-0.4, -0.2) is 22.6 Å². The van der Waals surface area contributed by atoms with E-state index in [1.807, 2.05) is 17.5 Å². The molecule has 0 fully saturated rings. The molecule has 1 aromatic carbocycles. The summed E-state index contributed by atoms with van der Waals surface area (Å²) >= 11 is 2.45. The molecule has 0 aliphatic carbocycles. The van der Waals surface area contributed by atoms with Crippen molar-refractivity contribution >= 4 is 46.2 Å². The smallest absolute Gasteiger partial charge is 0.416 e. The van der Waals surface area contributed by atoms with E-state index in [-0.39, 0.29) is 42.7 Å². The largest absolute Gasteiger partial charge is 0.481 e. The van der Waals surface area contributed by atoms with Gasteiger partial charge in [0.1, 0.15) is 0 Å². The lowest BCUT2D eigenvalue weighted by Gasteiger charge is -2.20. The average molecular weight is 517 g/mol. The minimum absolute atomic E-state index is 0. The molecule has 32 heavy (non-hydrogen) atoms. The first kappa shape index (κ1) is 25.9. The number of aromatic nitrogens is 1. The zero-order chi connectivity index (χ0) is 22.8. The first-order chi connectivity index (χ1) is 14.4. The van der Waals surface area contributed by atoms with Crippen LogP contribution in [0.2, 0.25) is 0 Å². The van der Waals surface area contributed by atoms with Gasteiger partial charge in [0.2, 0.25) is 0 Å². The van der Waals surface area contributed by atoms with Crippen molar-refractivity contribution in [2.45, 2.75) is 25.3 Å². The molecule has 4 nitrogen and oxygen atoms in total. The van der Waals surface area contributed by atoms with Crippen molar-refractivity contribution in [3.8, 4) is 11.3 Å². The summed E-state index contributed by atoms with van der Waals surface area (Å²) in [6.45, 7) is 0.394. The van der Waals surface area contributed by atoms with Crippen molar-refractivity contribution in [1.29, 1.82) is 0 Å². The molecule has 3 aromatic rings. The summed E-state index contributed by atoms with van der Waals surface area (Å²) in [4.78, 5) is 17.7. The second-order valence-corrected chi connectivity index (χ2v) is 8.32. The third kappa shape index (κ3) is 6.59. The molecule has 3 rings (SSSR count). The molecule has 0 saturated heterocycles. The van der Waals surface area contributed by atoms with Crippen LogP contribution in [0.25, 0.3) is 11.3 Å². The number of hydrogen-bond donors (Lipinski definition) is 1. The Morgan fingerprint density at radius 3 is 2.16 bits per heavy atom. The van der Waals surface area contributed by atoms with E-state index in [9.17, 15) is 31.1 Å². The van der Waals surface area contributed by atoms with Gasteiger partial charge in [0, 0.05) is 22.4 Å². The molecule has 1 N–H and O–H groups in total. The SMILES string of the molecule is Cl.O=C(O)CCN(Cc1cccs1)c1nc(-c2cc(C(F)(F)F)cc(C(F)(F)F)c2)cs1. The highest BCUT2D eigenvalue weighted by Crippen LogP contribution is 2.39. The number of thiazole rings is 1. The van der Waals surface area contributed by atoms with Crippen LogP contribution in [0.5, 0.6) is 0 Å². The number of benzene rings is 1.